The predicted molar refractivity (Wildman–Crippen MR) is 123 cm³/mol. The fourth-order valence-corrected chi connectivity index (χ4v) is 4.94. The third-order valence-corrected chi connectivity index (χ3v) is 7.68. The lowest BCUT2D eigenvalue weighted by Crippen LogP contribution is -2.49. The molecule has 33 heavy (non-hydrogen) atoms. The molecule has 1 aliphatic rings. The summed E-state index contributed by atoms with van der Waals surface area (Å²) in [6, 6.07) is 3.99. The van der Waals surface area contributed by atoms with Crippen molar-refractivity contribution in [3.63, 3.8) is 0 Å². The Hall–Kier alpha value is -2.58. The molecule has 3 atom stereocenters. The maximum absolute atomic E-state index is 13.0. The highest BCUT2D eigenvalue weighted by Crippen LogP contribution is 2.56. The standard InChI is InChI=1S/C23H27Cl2N3O5/c1-22(2)16(6-7-23(22,3)21(32)33)19(29)27-18(20(30)31)9-15-11-28(12-26-15)10-13-4-5-14(24)8-17(13)25/h4-5,8,11-12,16,18H,6-7,9-10H2,1-3H3,(H,27,29)(H,30,31)(H,32,33)/t16?,18-,23?/m0/s1. The number of rotatable bonds is 8. The molecule has 1 fully saturated rings. The van der Waals surface area contributed by atoms with Gasteiger partial charge in [-0.25, -0.2) is 9.78 Å². The van der Waals surface area contributed by atoms with Gasteiger partial charge in [-0.3, -0.25) is 9.59 Å². The van der Waals surface area contributed by atoms with Crippen molar-refractivity contribution < 1.29 is 24.6 Å². The third kappa shape index (κ3) is 5.01. The molecule has 1 heterocycles. The van der Waals surface area contributed by atoms with E-state index in [-0.39, 0.29) is 6.42 Å². The monoisotopic (exact) mass is 495 g/mol. The molecule has 0 spiro atoms. The first-order valence-electron chi connectivity index (χ1n) is 10.6. The Bertz CT molecular complexity index is 1080. The molecular weight excluding hydrogens is 469 g/mol. The number of carboxylic acids is 2. The molecule has 1 aromatic carbocycles. The minimum absolute atomic E-state index is 0.00816. The van der Waals surface area contributed by atoms with Gasteiger partial charge in [0.2, 0.25) is 5.91 Å². The zero-order valence-electron chi connectivity index (χ0n) is 18.6. The van der Waals surface area contributed by atoms with E-state index in [0.29, 0.717) is 35.1 Å². The van der Waals surface area contributed by atoms with Crippen LogP contribution in [0.5, 0.6) is 0 Å². The largest absolute Gasteiger partial charge is 0.481 e. The van der Waals surface area contributed by atoms with Crippen LogP contribution in [0.4, 0.5) is 0 Å². The Morgan fingerprint density at radius 1 is 1.24 bits per heavy atom. The van der Waals surface area contributed by atoms with Crippen LogP contribution in [0.1, 0.15) is 44.9 Å². The summed E-state index contributed by atoms with van der Waals surface area (Å²) < 4.78 is 1.77. The molecule has 2 aromatic rings. The Kier molecular flexibility index (Phi) is 7.10. The van der Waals surface area contributed by atoms with Crippen LogP contribution in [-0.2, 0) is 27.3 Å². The van der Waals surface area contributed by atoms with Crippen LogP contribution in [0, 0.1) is 16.7 Å². The van der Waals surface area contributed by atoms with Crippen molar-refractivity contribution in [3.05, 3.63) is 52.0 Å². The molecule has 3 rings (SSSR count). The van der Waals surface area contributed by atoms with E-state index in [0.717, 1.165) is 5.56 Å². The number of halogens is 2. The van der Waals surface area contributed by atoms with Crippen LogP contribution in [0.15, 0.2) is 30.7 Å². The number of amides is 1. The van der Waals surface area contributed by atoms with Gasteiger partial charge in [0.1, 0.15) is 6.04 Å². The maximum atomic E-state index is 13.0. The Labute approximate surface area is 201 Å². The van der Waals surface area contributed by atoms with Gasteiger partial charge in [-0.1, -0.05) is 43.1 Å². The van der Waals surface area contributed by atoms with E-state index in [1.54, 1.807) is 56.1 Å². The highest BCUT2D eigenvalue weighted by molar-refractivity contribution is 6.35. The van der Waals surface area contributed by atoms with Crippen LogP contribution in [0.3, 0.4) is 0 Å². The summed E-state index contributed by atoms with van der Waals surface area (Å²) in [5.41, 5.74) is -0.562. The summed E-state index contributed by atoms with van der Waals surface area (Å²) >= 11 is 12.1. The minimum Gasteiger partial charge on any atom is -0.481 e. The van der Waals surface area contributed by atoms with Crippen LogP contribution in [0.2, 0.25) is 10.0 Å². The quantitative estimate of drug-likeness (QED) is 0.510. The number of carboxylic acid groups (broad SMARTS) is 2. The van der Waals surface area contributed by atoms with Gasteiger partial charge in [0.05, 0.1) is 17.4 Å². The van der Waals surface area contributed by atoms with Gasteiger partial charge in [0.25, 0.3) is 0 Å². The lowest BCUT2D eigenvalue weighted by atomic mass is 9.65. The normalized spacial score (nSPS) is 22.6. The second kappa shape index (κ2) is 9.35. The van der Waals surface area contributed by atoms with Crippen molar-refractivity contribution in [1.29, 1.82) is 0 Å². The first-order valence-corrected chi connectivity index (χ1v) is 11.3. The molecule has 3 N–H and O–H groups in total. The van der Waals surface area contributed by atoms with Gasteiger partial charge >= 0.3 is 11.9 Å². The fraction of sp³-hybridized carbons (Fsp3) is 0.478. The van der Waals surface area contributed by atoms with Crippen molar-refractivity contribution in [2.75, 3.05) is 0 Å². The predicted octanol–water partition coefficient (Wildman–Crippen LogP) is 3.88. The number of carbonyl (C=O) groups is 3. The summed E-state index contributed by atoms with van der Waals surface area (Å²) in [6.45, 7) is 5.56. The Balaban J connectivity index is 1.69. The van der Waals surface area contributed by atoms with E-state index in [1.165, 1.54) is 0 Å². The average molecular weight is 496 g/mol. The van der Waals surface area contributed by atoms with Crippen LogP contribution >= 0.6 is 23.2 Å². The smallest absolute Gasteiger partial charge is 0.326 e. The van der Waals surface area contributed by atoms with Crippen molar-refractivity contribution >= 4 is 41.0 Å². The SMILES string of the molecule is CC1(C(=O)O)CCC(C(=O)N[C@@H](Cc2cn(Cc3ccc(Cl)cc3Cl)cn2)C(=O)O)C1(C)C. The number of aromatic nitrogens is 2. The molecule has 2 unspecified atom stereocenters. The topological polar surface area (TPSA) is 122 Å². The van der Waals surface area contributed by atoms with Gasteiger partial charge in [0.15, 0.2) is 0 Å². The maximum Gasteiger partial charge on any atom is 0.326 e. The Morgan fingerprint density at radius 2 is 1.94 bits per heavy atom. The van der Waals surface area contributed by atoms with Gasteiger partial charge in [-0.2, -0.15) is 0 Å². The second-order valence-electron chi connectivity index (χ2n) is 9.33. The van der Waals surface area contributed by atoms with E-state index in [9.17, 15) is 24.6 Å². The number of nitrogens with one attached hydrogen (secondary N) is 1. The van der Waals surface area contributed by atoms with Gasteiger partial charge < -0.3 is 20.1 Å². The van der Waals surface area contributed by atoms with E-state index >= 15 is 0 Å². The van der Waals surface area contributed by atoms with Gasteiger partial charge in [-0.05, 0) is 42.9 Å². The van der Waals surface area contributed by atoms with Crippen molar-refractivity contribution in [2.24, 2.45) is 16.7 Å². The van der Waals surface area contributed by atoms with Gasteiger partial charge in [0, 0.05) is 35.1 Å². The number of nitrogens with zero attached hydrogens (tertiary/aromatic N) is 2. The summed E-state index contributed by atoms with van der Waals surface area (Å²) in [5, 5.41) is 23.0. The number of hydrogen-bond donors (Lipinski definition) is 3. The van der Waals surface area contributed by atoms with E-state index in [2.05, 4.69) is 10.3 Å². The van der Waals surface area contributed by atoms with E-state index < -0.39 is 40.6 Å². The summed E-state index contributed by atoms with van der Waals surface area (Å²) in [7, 11) is 0. The molecule has 1 saturated carbocycles. The zero-order chi connectivity index (χ0) is 24.6. The number of hydrogen-bond acceptors (Lipinski definition) is 4. The summed E-state index contributed by atoms with van der Waals surface area (Å²) in [4.78, 5) is 40.9. The first kappa shape index (κ1) is 25.1. The lowest BCUT2D eigenvalue weighted by Gasteiger charge is -2.38. The minimum atomic E-state index is -1.19. The average Bonchev–Trinajstić information content (AvgIpc) is 3.25. The summed E-state index contributed by atoms with van der Waals surface area (Å²) in [5.74, 6) is -3.20. The third-order valence-electron chi connectivity index (χ3n) is 7.10. The molecule has 1 amide bonds. The van der Waals surface area contributed by atoms with Crippen molar-refractivity contribution in [2.45, 2.75) is 52.6 Å². The number of aliphatic carboxylic acids is 2. The van der Waals surface area contributed by atoms with E-state index in [4.69, 9.17) is 23.2 Å². The van der Waals surface area contributed by atoms with Crippen molar-refractivity contribution in [3.8, 4) is 0 Å². The molecule has 178 valence electrons. The molecule has 8 nitrogen and oxygen atoms in total. The number of imidazole rings is 1. The van der Waals surface area contributed by atoms with E-state index in [1.807, 2.05) is 0 Å². The molecule has 0 saturated heterocycles. The van der Waals surface area contributed by atoms with Crippen LogP contribution in [0.25, 0.3) is 0 Å². The second-order valence-corrected chi connectivity index (χ2v) is 10.2. The zero-order valence-corrected chi connectivity index (χ0v) is 20.2. The Morgan fingerprint density at radius 3 is 2.52 bits per heavy atom. The first-order chi connectivity index (χ1) is 15.3. The molecule has 1 aliphatic carbocycles. The number of carbonyl (C=O) groups excluding carboxylic acids is 1. The molecular formula is C23H27Cl2N3O5. The molecule has 1 aromatic heterocycles. The summed E-state index contributed by atoms with van der Waals surface area (Å²) in [6.07, 6.45) is 3.99. The fourth-order valence-electron chi connectivity index (χ4n) is 4.47. The van der Waals surface area contributed by atoms with Crippen LogP contribution in [-0.4, -0.2) is 43.7 Å². The lowest BCUT2D eigenvalue weighted by molar-refractivity contribution is -0.155. The number of benzene rings is 1. The van der Waals surface area contributed by atoms with Gasteiger partial charge in [-0.15, -0.1) is 0 Å². The van der Waals surface area contributed by atoms with Crippen molar-refractivity contribution in [1.82, 2.24) is 14.9 Å². The molecule has 0 radical (unpaired) electrons. The highest BCUT2D eigenvalue weighted by atomic mass is 35.5. The molecule has 0 bridgehead atoms. The molecule has 10 heteroatoms. The molecule has 0 aliphatic heterocycles. The highest BCUT2D eigenvalue weighted by Gasteiger charge is 2.58. The van der Waals surface area contributed by atoms with Crippen LogP contribution < -0.4 is 5.32 Å².